The molecule has 0 unspecified atom stereocenters. The second-order valence-corrected chi connectivity index (χ2v) is 3.62. The third-order valence-corrected chi connectivity index (χ3v) is 2.33. The minimum Gasteiger partial charge on any atom is -0.469 e. The highest BCUT2D eigenvalue weighted by Crippen LogP contribution is 2.28. The fourth-order valence-corrected chi connectivity index (χ4v) is 1.46. The van der Waals surface area contributed by atoms with E-state index in [-0.39, 0.29) is 17.7 Å². The second-order valence-electron chi connectivity index (χ2n) is 3.62. The smallest absolute Gasteiger partial charge is 0.308 e. The number of hydrogen-bond donors (Lipinski definition) is 1. The molecule has 1 aromatic carbocycles. The number of rotatable bonds is 4. The first kappa shape index (κ1) is 13.1. The van der Waals surface area contributed by atoms with Crippen molar-refractivity contribution in [2.75, 3.05) is 7.11 Å². The number of esters is 1. The third kappa shape index (κ3) is 3.25. The van der Waals surface area contributed by atoms with Crippen LogP contribution in [0.1, 0.15) is 23.7 Å². The van der Waals surface area contributed by atoms with Crippen molar-refractivity contribution in [1.82, 2.24) is 0 Å². The number of nitro groups is 1. The number of carbonyl (C=O) groups is 1. The maximum Gasteiger partial charge on any atom is 0.308 e. The van der Waals surface area contributed by atoms with Crippen LogP contribution in [-0.2, 0) is 9.53 Å². The predicted octanol–water partition coefficient (Wildman–Crippen LogP) is 1.50. The topological polar surface area (TPSA) is 89.7 Å². The quantitative estimate of drug-likeness (QED) is 0.488. The van der Waals surface area contributed by atoms with Crippen LogP contribution < -0.4 is 0 Å². The van der Waals surface area contributed by atoms with Crippen LogP contribution in [0.25, 0.3) is 0 Å². The Hall–Kier alpha value is -1.95. The van der Waals surface area contributed by atoms with Gasteiger partial charge in [-0.05, 0) is 13.0 Å². The van der Waals surface area contributed by atoms with Gasteiger partial charge < -0.3 is 9.84 Å². The molecular weight excluding hydrogens is 226 g/mol. The number of nitro benzene ring substituents is 1. The average Bonchev–Trinajstić information content (AvgIpc) is 2.28. The number of hydrogen-bond acceptors (Lipinski definition) is 5. The van der Waals surface area contributed by atoms with Crippen LogP contribution >= 0.6 is 0 Å². The molecule has 0 fully saturated rings. The fraction of sp³-hybridized carbons (Fsp3) is 0.364. The van der Waals surface area contributed by atoms with Gasteiger partial charge in [-0.1, -0.05) is 11.6 Å². The largest absolute Gasteiger partial charge is 0.469 e. The summed E-state index contributed by atoms with van der Waals surface area (Å²) in [5.74, 6) is -0.617. The normalized spacial score (nSPS) is 11.9. The first-order valence-electron chi connectivity index (χ1n) is 4.95. The van der Waals surface area contributed by atoms with Gasteiger partial charge in [0.1, 0.15) is 0 Å². The molecule has 0 radical (unpaired) electrons. The lowest BCUT2D eigenvalue weighted by Gasteiger charge is -2.10. The summed E-state index contributed by atoms with van der Waals surface area (Å²) < 4.78 is 4.40. The van der Waals surface area contributed by atoms with E-state index in [0.717, 1.165) is 5.56 Å². The van der Waals surface area contributed by atoms with E-state index in [0.29, 0.717) is 0 Å². The highest BCUT2D eigenvalue weighted by atomic mass is 16.6. The molecule has 1 aromatic rings. The lowest BCUT2D eigenvalue weighted by Crippen LogP contribution is -2.10. The second kappa shape index (κ2) is 5.40. The monoisotopic (exact) mass is 239 g/mol. The zero-order valence-corrected chi connectivity index (χ0v) is 9.54. The van der Waals surface area contributed by atoms with E-state index in [1.165, 1.54) is 19.2 Å². The molecule has 1 rings (SSSR count). The predicted molar refractivity (Wildman–Crippen MR) is 59.4 cm³/mol. The van der Waals surface area contributed by atoms with Crippen molar-refractivity contribution in [2.24, 2.45) is 0 Å². The van der Waals surface area contributed by atoms with Crippen molar-refractivity contribution in [3.63, 3.8) is 0 Å². The highest BCUT2D eigenvalue weighted by molar-refractivity contribution is 5.70. The highest BCUT2D eigenvalue weighted by Gasteiger charge is 2.22. The van der Waals surface area contributed by atoms with Crippen LogP contribution in [0.2, 0.25) is 0 Å². The zero-order valence-electron chi connectivity index (χ0n) is 9.54. The molecule has 0 spiro atoms. The Balaban J connectivity index is 3.06. The Morgan fingerprint density at radius 3 is 2.76 bits per heavy atom. The van der Waals surface area contributed by atoms with Gasteiger partial charge in [-0.25, -0.2) is 0 Å². The Morgan fingerprint density at radius 1 is 1.59 bits per heavy atom. The van der Waals surface area contributed by atoms with Gasteiger partial charge in [0.15, 0.2) is 0 Å². The number of aryl methyl sites for hydroxylation is 1. The van der Waals surface area contributed by atoms with Crippen molar-refractivity contribution >= 4 is 11.7 Å². The molecule has 17 heavy (non-hydrogen) atoms. The van der Waals surface area contributed by atoms with E-state index in [1.54, 1.807) is 13.0 Å². The van der Waals surface area contributed by atoms with E-state index in [2.05, 4.69) is 4.74 Å². The summed E-state index contributed by atoms with van der Waals surface area (Å²) in [6.45, 7) is 1.75. The standard InChI is InChI=1S/C11H13NO5/c1-7-3-4-9(12(15)16)8(5-7)10(13)6-11(14)17-2/h3-5,10,13H,6H2,1-2H3/t10-/m1/s1. The van der Waals surface area contributed by atoms with Crippen LogP contribution in [0, 0.1) is 17.0 Å². The van der Waals surface area contributed by atoms with Crippen molar-refractivity contribution in [3.8, 4) is 0 Å². The molecule has 92 valence electrons. The fourth-order valence-electron chi connectivity index (χ4n) is 1.46. The Morgan fingerprint density at radius 2 is 2.24 bits per heavy atom. The van der Waals surface area contributed by atoms with Crippen LogP contribution in [-0.4, -0.2) is 23.1 Å². The molecule has 0 heterocycles. The molecule has 6 heteroatoms. The van der Waals surface area contributed by atoms with E-state index < -0.39 is 17.0 Å². The molecule has 0 aliphatic rings. The van der Waals surface area contributed by atoms with Crippen LogP contribution in [0.4, 0.5) is 5.69 Å². The molecular formula is C11H13NO5. The SMILES string of the molecule is COC(=O)C[C@@H](O)c1cc(C)ccc1[N+](=O)[O-]. The molecule has 0 bridgehead atoms. The molecule has 6 nitrogen and oxygen atoms in total. The van der Waals surface area contributed by atoms with Gasteiger partial charge >= 0.3 is 5.97 Å². The lowest BCUT2D eigenvalue weighted by atomic mass is 10.0. The molecule has 0 aliphatic carbocycles. The number of ether oxygens (including phenoxy) is 1. The van der Waals surface area contributed by atoms with Crippen LogP contribution in [0.5, 0.6) is 0 Å². The first-order valence-corrected chi connectivity index (χ1v) is 4.95. The molecule has 0 saturated carbocycles. The summed E-state index contributed by atoms with van der Waals surface area (Å²) in [6.07, 6.45) is -1.54. The average molecular weight is 239 g/mol. The molecule has 0 amide bonds. The minimum atomic E-state index is -1.23. The maximum atomic E-state index is 11.0. The first-order chi connectivity index (χ1) is 7.95. The molecule has 0 saturated heterocycles. The van der Waals surface area contributed by atoms with Gasteiger partial charge in [-0.3, -0.25) is 14.9 Å². The Labute approximate surface area is 98.0 Å². The van der Waals surface area contributed by atoms with E-state index in [4.69, 9.17) is 0 Å². The van der Waals surface area contributed by atoms with Crippen molar-refractivity contribution in [3.05, 3.63) is 39.4 Å². The summed E-state index contributed by atoms with van der Waals surface area (Å²) in [5.41, 5.74) is 0.696. The maximum absolute atomic E-state index is 11.0. The Bertz CT molecular complexity index is 443. The Kier molecular flexibility index (Phi) is 4.17. The molecule has 1 N–H and O–H groups in total. The van der Waals surface area contributed by atoms with Crippen LogP contribution in [0.15, 0.2) is 18.2 Å². The van der Waals surface area contributed by atoms with Gasteiger partial charge in [-0.2, -0.15) is 0 Å². The molecule has 0 aliphatic heterocycles. The summed E-state index contributed by atoms with van der Waals surface area (Å²) in [7, 11) is 1.19. The van der Waals surface area contributed by atoms with Gasteiger partial charge in [0.25, 0.3) is 5.69 Å². The number of nitrogens with zero attached hydrogens (tertiary/aromatic N) is 1. The minimum absolute atomic E-state index is 0.125. The van der Waals surface area contributed by atoms with Crippen LogP contribution in [0.3, 0.4) is 0 Å². The van der Waals surface area contributed by atoms with Gasteiger partial charge in [0.05, 0.1) is 30.1 Å². The van der Waals surface area contributed by atoms with Crippen molar-refractivity contribution < 1.29 is 19.6 Å². The number of methoxy groups -OCH3 is 1. The number of benzene rings is 1. The van der Waals surface area contributed by atoms with E-state index in [9.17, 15) is 20.0 Å². The summed E-state index contributed by atoms with van der Waals surface area (Å²) in [4.78, 5) is 21.2. The molecule has 1 atom stereocenters. The third-order valence-electron chi connectivity index (χ3n) is 2.33. The van der Waals surface area contributed by atoms with Gasteiger partial charge in [-0.15, -0.1) is 0 Å². The van der Waals surface area contributed by atoms with Crippen molar-refractivity contribution in [2.45, 2.75) is 19.4 Å². The summed E-state index contributed by atoms with van der Waals surface area (Å²) in [6, 6.07) is 4.38. The summed E-state index contributed by atoms with van der Waals surface area (Å²) >= 11 is 0. The zero-order chi connectivity index (χ0) is 13.0. The van der Waals surface area contributed by atoms with E-state index >= 15 is 0 Å². The summed E-state index contributed by atoms with van der Waals surface area (Å²) in [5, 5.41) is 20.5. The van der Waals surface area contributed by atoms with Crippen molar-refractivity contribution in [1.29, 1.82) is 0 Å². The van der Waals surface area contributed by atoms with E-state index in [1.807, 2.05) is 0 Å². The van der Waals surface area contributed by atoms with Gasteiger partial charge in [0, 0.05) is 6.07 Å². The number of aliphatic hydroxyl groups is 1. The number of carbonyl (C=O) groups excluding carboxylic acids is 1. The number of aliphatic hydroxyl groups excluding tert-OH is 1. The molecule has 0 aromatic heterocycles. The lowest BCUT2D eigenvalue weighted by molar-refractivity contribution is -0.386. The van der Waals surface area contributed by atoms with Gasteiger partial charge in [0.2, 0.25) is 0 Å².